The summed E-state index contributed by atoms with van der Waals surface area (Å²) >= 11 is 5.83. The van der Waals surface area contributed by atoms with Gasteiger partial charge in [-0.15, -0.1) is 0 Å². The highest BCUT2D eigenvalue weighted by Gasteiger charge is 2.03. The first kappa shape index (κ1) is 13.6. The topological polar surface area (TPSA) is 34.0 Å². The molecule has 2 rings (SSSR count). The summed E-state index contributed by atoms with van der Waals surface area (Å²) in [5.74, 6) is -0.305. The molecule has 1 aromatic heterocycles. The van der Waals surface area contributed by atoms with Gasteiger partial charge in [0.05, 0.1) is 5.69 Å². The van der Waals surface area contributed by atoms with Crippen LogP contribution in [0.3, 0.4) is 0 Å². The molecule has 2 aromatic rings. The van der Waals surface area contributed by atoms with Gasteiger partial charge in [0, 0.05) is 35.9 Å². The van der Waals surface area contributed by atoms with Gasteiger partial charge in [-0.25, -0.2) is 4.39 Å². The molecule has 0 saturated heterocycles. The first-order valence-corrected chi connectivity index (χ1v) is 6.36. The summed E-state index contributed by atoms with van der Waals surface area (Å²) in [6.45, 7) is 2.80. The van der Waals surface area contributed by atoms with Gasteiger partial charge in [-0.2, -0.15) is 0 Å². The number of aromatic nitrogens is 1. The molecule has 0 spiro atoms. The summed E-state index contributed by atoms with van der Waals surface area (Å²) in [5, 5.41) is 3.57. The molecule has 0 aliphatic carbocycles. The van der Waals surface area contributed by atoms with E-state index in [1.807, 2.05) is 6.92 Å². The van der Waals surface area contributed by atoms with Crippen LogP contribution in [0.5, 0.6) is 0 Å². The van der Waals surface area contributed by atoms with E-state index in [-0.39, 0.29) is 11.4 Å². The number of anilines is 1. The summed E-state index contributed by atoms with van der Waals surface area (Å²) in [6.07, 6.45) is 1.71. The van der Waals surface area contributed by atoms with E-state index in [0.29, 0.717) is 23.7 Å². The number of halogens is 2. The Bertz CT molecular complexity index is 640. The standard InChI is InChI=1S/C14H14ClFN2O/c1-2-18-9-12(4-6-14(18)19)17-8-10-7-11(15)3-5-13(10)16/h3-7,9,17H,2,8H2,1H3. The van der Waals surface area contributed by atoms with E-state index in [1.165, 1.54) is 18.2 Å². The van der Waals surface area contributed by atoms with Gasteiger partial charge >= 0.3 is 0 Å². The lowest BCUT2D eigenvalue weighted by molar-refractivity contribution is 0.613. The van der Waals surface area contributed by atoms with E-state index >= 15 is 0 Å². The van der Waals surface area contributed by atoms with Gasteiger partial charge in [-0.3, -0.25) is 4.79 Å². The second kappa shape index (κ2) is 5.89. The molecule has 19 heavy (non-hydrogen) atoms. The minimum Gasteiger partial charge on any atom is -0.380 e. The summed E-state index contributed by atoms with van der Waals surface area (Å²) < 4.78 is 15.1. The van der Waals surface area contributed by atoms with E-state index in [2.05, 4.69) is 5.32 Å². The molecule has 0 bridgehead atoms. The molecule has 0 amide bonds. The van der Waals surface area contributed by atoms with E-state index in [9.17, 15) is 9.18 Å². The van der Waals surface area contributed by atoms with Crippen molar-refractivity contribution in [2.45, 2.75) is 20.0 Å². The highest BCUT2D eigenvalue weighted by molar-refractivity contribution is 6.30. The number of pyridine rings is 1. The van der Waals surface area contributed by atoms with Crippen LogP contribution in [0, 0.1) is 5.82 Å². The first-order valence-electron chi connectivity index (χ1n) is 5.98. The normalized spacial score (nSPS) is 10.5. The molecule has 0 unspecified atom stereocenters. The van der Waals surface area contributed by atoms with Crippen LogP contribution in [0.4, 0.5) is 10.1 Å². The zero-order chi connectivity index (χ0) is 13.8. The van der Waals surface area contributed by atoms with Gasteiger partial charge in [-0.1, -0.05) is 11.6 Å². The second-order valence-corrected chi connectivity index (χ2v) is 4.57. The third-order valence-corrected chi connectivity index (χ3v) is 3.05. The average Bonchev–Trinajstić information content (AvgIpc) is 2.41. The number of hydrogen-bond acceptors (Lipinski definition) is 2. The minimum atomic E-state index is -0.305. The quantitative estimate of drug-likeness (QED) is 0.933. The molecular formula is C14H14ClFN2O. The monoisotopic (exact) mass is 280 g/mol. The number of rotatable bonds is 4. The number of nitrogens with zero attached hydrogens (tertiary/aromatic N) is 1. The SMILES string of the molecule is CCn1cc(NCc2cc(Cl)ccc2F)ccc1=O. The predicted octanol–water partition coefficient (Wildman–Crippen LogP) is 3.27. The van der Waals surface area contributed by atoms with Crippen LogP contribution in [0.15, 0.2) is 41.3 Å². The average molecular weight is 281 g/mol. The van der Waals surface area contributed by atoms with Crippen LogP contribution >= 0.6 is 11.6 Å². The second-order valence-electron chi connectivity index (χ2n) is 4.13. The Hall–Kier alpha value is -1.81. The lowest BCUT2D eigenvalue weighted by Crippen LogP contribution is -2.17. The Morgan fingerprint density at radius 3 is 2.84 bits per heavy atom. The molecule has 1 heterocycles. The zero-order valence-electron chi connectivity index (χ0n) is 10.5. The van der Waals surface area contributed by atoms with Crippen molar-refractivity contribution in [2.24, 2.45) is 0 Å². The van der Waals surface area contributed by atoms with Crippen molar-refractivity contribution < 1.29 is 4.39 Å². The smallest absolute Gasteiger partial charge is 0.250 e. The van der Waals surface area contributed by atoms with Crippen LogP contribution in [0.2, 0.25) is 5.02 Å². The Morgan fingerprint density at radius 1 is 1.32 bits per heavy atom. The molecule has 1 aromatic carbocycles. The summed E-state index contributed by atoms with van der Waals surface area (Å²) in [7, 11) is 0. The Morgan fingerprint density at radius 2 is 2.11 bits per heavy atom. The lowest BCUT2D eigenvalue weighted by Gasteiger charge is -2.09. The van der Waals surface area contributed by atoms with Crippen LogP contribution in [-0.2, 0) is 13.1 Å². The zero-order valence-corrected chi connectivity index (χ0v) is 11.2. The van der Waals surface area contributed by atoms with E-state index in [0.717, 1.165) is 5.69 Å². The minimum absolute atomic E-state index is 0.0537. The van der Waals surface area contributed by atoms with Gasteiger partial charge in [0.15, 0.2) is 0 Å². The van der Waals surface area contributed by atoms with Crippen LogP contribution in [0.25, 0.3) is 0 Å². The molecule has 100 valence electrons. The van der Waals surface area contributed by atoms with Crippen molar-refractivity contribution in [1.29, 1.82) is 0 Å². The fourth-order valence-corrected chi connectivity index (χ4v) is 1.95. The van der Waals surface area contributed by atoms with Gasteiger partial charge in [-0.05, 0) is 31.2 Å². The summed E-state index contributed by atoms with van der Waals surface area (Å²) in [6, 6.07) is 7.60. The number of benzene rings is 1. The Balaban J connectivity index is 2.14. The highest BCUT2D eigenvalue weighted by Crippen LogP contribution is 2.16. The molecule has 5 heteroatoms. The van der Waals surface area contributed by atoms with E-state index in [4.69, 9.17) is 11.6 Å². The molecule has 3 nitrogen and oxygen atoms in total. The largest absolute Gasteiger partial charge is 0.380 e. The number of nitrogens with one attached hydrogen (secondary N) is 1. The molecule has 0 radical (unpaired) electrons. The van der Waals surface area contributed by atoms with Crippen molar-refractivity contribution >= 4 is 17.3 Å². The van der Waals surface area contributed by atoms with Crippen LogP contribution < -0.4 is 10.9 Å². The number of aryl methyl sites for hydroxylation is 1. The van der Waals surface area contributed by atoms with Crippen LogP contribution in [0.1, 0.15) is 12.5 Å². The molecule has 0 saturated carbocycles. The van der Waals surface area contributed by atoms with Crippen molar-refractivity contribution in [3.8, 4) is 0 Å². The lowest BCUT2D eigenvalue weighted by atomic mass is 10.2. The fourth-order valence-electron chi connectivity index (χ4n) is 1.76. The van der Waals surface area contributed by atoms with Gasteiger partial charge in [0.25, 0.3) is 5.56 Å². The molecule has 1 N–H and O–H groups in total. The van der Waals surface area contributed by atoms with Crippen molar-refractivity contribution in [2.75, 3.05) is 5.32 Å². The molecule has 0 aliphatic rings. The maximum Gasteiger partial charge on any atom is 0.250 e. The molecule has 0 fully saturated rings. The maximum atomic E-state index is 13.5. The van der Waals surface area contributed by atoms with Crippen molar-refractivity contribution in [1.82, 2.24) is 4.57 Å². The van der Waals surface area contributed by atoms with E-state index < -0.39 is 0 Å². The summed E-state index contributed by atoms with van der Waals surface area (Å²) in [4.78, 5) is 11.4. The third-order valence-electron chi connectivity index (χ3n) is 2.81. The number of hydrogen-bond donors (Lipinski definition) is 1. The first-order chi connectivity index (χ1) is 9.10. The fraction of sp³-hybridized carbons (Fsp3) is 0.214. The molecular weight excluding hydrogens is 267 g/mol. The highest BCUT2D eigenvalue weighted by atomic mass is 35.5. The van der Waals surface area contributed by atoms with Crippen LogP contribution in [-0.4, -0.2) is 4.57 Å². The Kier molecular flexibility index (Phi) is 4.22. The van der Waals surface area contributed by atoms with Crippen molar-refractivity contribution in [3.63, 3.8) is 0 Å². The van der Waals surface area contributed by atoms with Gasteiger partial charge < -0.3 is 9.88 Å². The van der Waals surface area contributed by atoms with E-state index in [1.54, 1.807) is 22.9 Å². The summed E-state index contributed by atoms with van der Waals surface area (Å²) in [5.41, 5.74) is 1.20. The molecule has 0 atom stereocenters. The van der Waals surface area contributed by atoms with Gasteiger partial charge in [0.1, 0.15) is 5.82 Å². The molecule has 0 aliphatic heterocycles. The third kappa shape index (κ3) is 3.35. The van der Waals surface area contributed by atoms with Gasteiger partial charge in [0.2, 0.25) is 0 Å². The maximum absolute atomic E-state index is 13.5. The Labute approximate surface area is 115 Å². The predicted molar refractivity (Wildman–Crippen MR) is 75.1 cm³/mol. The van der Waals surface area contributed by atoms with Crippen molar-refractivity contribution in [3.05, 3.63) is 63.3 Å².